The third-order valence-corrected chi connectivity index (χ3v) is 5.48. The average Bonchev–Trinajstić information content (AvgIpc) is 2.29. The predicted molar refractivity (Wildman–Crippen MR) is 67.1 cm³/mol. The Bertz CT molecular complexity index is 482. The molecule has 0 aliphatic heterocycles. The van der Waals surface area contributed by atoms with Crippen molar-refractivity contribution in [3.8, 4) is 0 Å². The number of anilines is 1. The molecule has 2 N–H and O–H groups in total. The van der Waals surface area contributed by atoms with Gasteiger partial charge in [-0.2, -0.15) is 0 Å². The molecule has 17 heavy (non-hydrogen) atoms. The molecule has 0 aliphatic rings. The van der Waals surface area contributed by atoms with E-state index in [9.17, 15) is 13.2 Å². The highest BCUT2D eigenvalue weighted by molar-refractivity contribution is 8.72. The van der Waals surface area contributed by atoms with Crippen LogP contribution < -0.4 is 5.73 Å². The van der Waals surface area contributed by atoms with Crippen LogP contribution >= 0.6 is 10.8 Å². The minimum absolute atomic E-state index is 0.0649. The van der Waals surface area contributed by atoms with Gasteiger partial charge in [0.1, 0.15) is 0 Å². The van der Waals surface area contributed by atoms with Gasteiger partial charge in [-0.1, -0.05) is 0 Å². The minimum Gasteiger partial charge on any atom is -0.469 e. The van der Waals surface area contributed by atoms with Gasteiger partial charge in [0.2, 0.25) is 8.87 Å². The molecule has 1 aromatic rings. The maximum Gasteiger partial charge on any atom is 0.306 e. The molecule has 0 heterocycles. The number of carbonyl (C=O) groups excluding carboxylic acids is 1. The van der Waals surface area contributed by atoms with Crippen molar-refractivity contribution >= 4 is 31.3 Å². The summed E-state index contributed by atoms with van der Waals surface area (Å²) in [4.78, 5) is 11.0. The van der Waals surface area contributed by atoms with Gasteiger partial charge in [-0.05, 0) is 35.1 Å². The van der Waals surface area contributed by atoms with E-state index in [1.54, 1.807) is 0 Å². The summed E-state index contributed by atoms with van der Waals surface area (Å²) in [7, 11) is -1.45. The largest absolute Gasteiger partial charge is 0.469 e. The Kier molecular flexibility index (Phi) is 4.83. The second kappa shape index (κ2) is 5.92. The fourth-order valence-electron chi connectivity index (χ4n) is 1.04. The van der Waals surface area contributed by atoms with Gasteiger partial charge in [0.15, 0.2) is 0 Å². The molecule has 0 spiro atoms. The predicted octanol–water partition coefficient (Wildman–Crippen LogP) is 1.25. The van der Waals surface area contributed by atoms with Crippen molar-refractivity contribution in [1.29, 1.82) is 0 Å². The van der Waals surface area contributed by atoms with Crippen molar-refractivity contribution in [2.24, 2.45) is 0 Å². The monoisotopic (exact) mass is 275 g/mol. The van der Waals surface area contributed by atoms with Crippen LogP contribution in [0, 0.1) is 0 Å². The molecule has 5 nitrogen and oxygen atoms in total. The summed E-state index contributed by atoms with van der Waals surface area (Å²) in [5, 5.41) is 0. The van der Waals surface area contributed by atoms with Crippen LogP contribution in [0.1, 0.15) is 6.42 Å². The van der Waals surface area contributed by atoms with Crippen molar-refractivity contribution in [2.45, 2.75) is 11.3 Å². The smallest absolute Gasteiger partial charge is 0.306 e. The average molecular weight is 275 g/mol. The summed E-state index contributed by atoms with van der Waals surface area (Å²) in [6, 6.07) is 5.92. The van der Waals surface area contributed by atoms with E-state index in [0.29, 0.717) is 16.5 Å². The molecule has 1 aromatic carbocycles. The van der Waals surface area contributed by atoms with Crippen molar-refractivity contribution in [2.75, 3.05) is 18.6 Å². The lowest BCUT2D eigenvalue weighted by atomic mass is 10.3. The summed E-state index contributed by atoms with van der Waals surface area (Å²) in [6.07, 6.45) is 0.0649. The van der Waals surface area contributed by atoms with E-state index in [1.165, 1.54) is 31.4 Å². The Balaban J connectivity index is 2.63. The molecule has 0 saturated carbocycles. The Morgan fingerprint density at radius 2 is 1.94 bits per heavy atom. The van der Waals surface area contributed by atoms with Crippen LogP contribution in [0.25, 0.3) is 0 Å². The van der Waals surface area contributed by atoms with Crippen LogP contribution in [0.15, 0.2) is 29.2 Å². The summed E-state index contributed by atoms with van der Waals surface area (Å²) >= 11 is 0. The first-order chi connectivity index (χ1) is 7.95. The van der Waals surface area contributed by atoms with Crippen LogP contribution in [0.5, 0.6) is 0 Å². The number of hydrogen-bond donors (Lipinski definition) is 1. The SMILES string of the molecule is COC(=O)CCSS(=O)(=O)c1ccc(N)cc1. The molecule has 1 rings (SSSR count). The molecule has 0 aromatic heterocycles. The van der Waals surface area contributed by atoms with Gasteiger partial charge in [0.05, 0.1) is 18.4 Å². The highest BCUT2D eigenvalue weighted by Crippen LogP contribution is 2.24. The number of nitrogens with two attached hydrogens (primary N) is 1. The molecular formula is C10H13NO4S2. The van der Waals surface area contributed by atoms with E-state index in [-0.39, 0.29) is 17.1 Å². The quantitative estimate of drug-likeness (QED) is 0.494. The summed E-state index contributed by atoms with van der Waals surface area (Å²) < 4.78 is 28.0. The fraction of sp³-hybridized carbons (Fsp3) is 0.300. The van der Waals surface area contributed by atoms with E-state index >= 15 is 0 Å². The van der Waals surface area contributed by atoms with Gasteiger partial charge >= 0.3 is 5.97 Å². The number of benzene rings is 1. The van der Waals surface area contributed by atoms with Crippen LogP contribution in [0.3, 0.4) is 0 Å². The Morgan fingerprint density at radius 1 is 1.35 bits per heavy atom. The van der Waals surface area contributed by atoms with Crippen LogP contribution in [0.4, 0.5) is 5.69 Å². The van der Waals surface area contributed by atoms with Crippen LogP contribution in [-0.4, -0.2) is 27.2 Å². The zero-order valence-electron chi connectivity index (χ0n) is 9.25. The van der Waals surface area contributed by atoms with Crippen molar-refractivity contribution in [3.05, 3.63) is 24.3 Å². The molecule has 0 aliphatic carbocycles. The maximum absolute atomic E-state index is 11.8. The van der Waals surface area contributed by atoms with Crippen molar-refractivity contribution < 1.29 is 17.9 Å². The first-order valence-electron chi connectivity index (χ1n) is 4.77. The van der Waals surface area contributed by atoms with E-state index in [2.05, 4.69) is 4.74 Å². The molecule has 0 bridgehead atoms. The number of carbonyl (C=O) groups is 1. The van der Waals surface area contributed by atoms with Gasteiger partial charge < -0.3 is 10.5 Å². The molecule has 0 amide bonds. The number of hydrogen-bond acceptors (Lipinski definition) is 6. The lowest BCUT2D eigenvalue weighted by Gasteiger charge is -2.03. The van der Waals surface area contributed by atoms with Crippen LogP contribution in [-0.2, 0) is 18.4 Å². The summed E-state index contributed by atoms with van der Waals surface area (Å²) in [6.45, 7) is 0. The number of rotatable bonds is 5. The number of ether oxygens (including phenoxy) is 1. The fourth-order valence-corrected chi connectivity index (χ4v) is 3.76. The maximum atomic E-state index is 11.8. The van der Waals surface area contributed by atoms with E-state index < -0.39 is 14.8 Å². The van der Waals surface area contributed by atoms with Gasteiger partial charge in [-0.3, -0.25) is 4.79 Å². The minimum atomic E-state index is -3.43. The second-order valence-corrected chi connectivity index (χ2v) is 7.22. The van der Waals surface area contributed by atoms with Gasteiger partial charge in [0.25, 0.3) is 0 Å². The van der Waals surface area contributed by atoms with Gasteiger partial charge in [-0.15, -0.1) is 0 Å². The molecule has 0 atom stereocenters. The number of methoxy groups -OCH3 is 1. The van der Waals surface area contributed by atoms with E-state index in [1.807, 2.05) is 0 Å². The molecule has 0 radical (unpaired) electrons. The topological polar surface area (TPSA) is 86.5 Å². The number of nitrogen functional groups attached to an aromatic ring is 1. The molecular weight excluding hydrogens is 262 g/mol. The summed E-state index contributed by atoms with van der Waals surface area (Å²) in [5.41, 5.74) is 5.97. The molecule has 0 saturated heterocycles. The van der Waals surface area contributed by atoms with Gasteiger partial charge in [-0.25, -0.2) is 8.42 Å². The highest BCUT2D eigenvalue weighted by Gasteiger charge is 2.15. The standard InChI is InChI=1S/C10H13NO4S2/c1-15-10(12)6-7-16-17(13,14)9-4-2-8(11)3-5-9/h2-5H,6-7,11H2,1H3. The molecule has 0 fully saturated rings. The lowest BCUT2D eigenvalue weighted by molar-refractivity contribution is -0.140. The van der Waals surface area contributed by atoms with Crippen molar-refractivity contribution in [3.63, 3.8) is 0 Å². The molecule has 0 unspecified atom stereocenters. The lowest BCUT2D eigenvalue weighted by Crippen LogP contribution is -2.04. The second-order valence-electron chi connectivity index (χ2n) is 3.17. The highest BCUT2D eigenvalue weighted by atomic mass is 33.1. The van der Waals surface area contributed by atoms with Gasteiger partial charge in [0, 0.05) is 11.4 Å². The van der Waals surface area contributed by atoms with E-state index in [0.717, 1.165) is 0 Å². The third-order valence-electron chi connectivity index (χ3n) is 1.94. The number of esters is 1. The van der Waals surface area contributed by atoms with Crippen molar-refractivity contribution in [1.82, 2.24) is 0 Å². The normalized spacial score (nSPS) is 11.1. The zero-order chi connectivity index (χ0) is 12.9. The van der Waals surface area contributed by atoms with Crippen LogP contribution in [0.2, 0.25) is 0 Å². The first kappa shape index (κ1) is 13.9. The molecule has 94 valence electrons. The first-order valence-corrected chi connectivity index (χ1v) is 7.76. The Morgan fingerprint density at radius 3 is 2.47 bits per heavy atom. The Labute approximate surface area is 104 Å². The molecule has 7 heteroatoms. The summed E-state index contributed by atoms with van der Waals surface area (Å²) in [5.74, 6) is -0.260. The zero-order valence-corrected chi connectivity index (χ0v) is 10.9. The Hall–Kier alpha value is -1.21. The third kappa shape index (κ3) is 4.27. The van der Waals surface area contributed by atoms with E-state index in [4.69, 9.17) is 5.73 Å².